The van der Waals surface area contributed by atoms with E-state index in [0.29, 0.717) is 13.2 Å². The monoisotopic (exact) mass is 356 g/mol. The summed E-state index contributed by atoms with van der Waals surface area (Å²) in [7, 11) is 0. The second-order valence-electron chi connectivity index (χ2n) is 5.94. The molecule has 0 amide bonds. The van der Waals surface area contributed by atoms with Gasteiger partial charge < -0.3 is 19.3 Å². The van der Waals surface area contributed by atoms with Gasteiger partial charge in [0.15, 0.2) is 0 Å². The number of hydrogen-bond donors (Lipinski definition) is 1. The van der Waals surface area contributed by atoms with Gasteiger partial charge in [0.25, 0.3) is 0 Å². The zero-order valence-electron chi connectivity index (χ0n) is 12.2. The summed E-state index contributed by atoms with van der Waals surface area (Å²) in [6, 6.07) is 3.93. The van der Waals surface area contributed by atoms with Gasteiger partial charge in [0, 0.05) is 35.9 Å². The topological polar surface area (TPSA) is 47.9 Å². The van der Waals surface area contributed by atoms with Crippen LogP contribution >= 0.6 is 15.9 Å². The van der Waals surface area contributed by atoms with E-state index in [1.165, 1.54) is 0 Å². The maximum atomic E-state index is 9.56. The van der Waals surface area contributed by atoms with Crippen LogP contribution in [0.1, 0.15) is 30.4 Å². The highest BCUT2D eigenvalue weighted by molar-refractivity contribution is 9.10. The molecule has 2 aliphatic heterocycles. The van der Waals surface area contributed by atoms with E-state index in [1.807, 2.05) is 19.1 Å². The Balaban J connectivity index is 1.77. The molecule has 1 aromatic rings. The average molecular weight is 357 g/mol. The molecule has 2 aliphatic rings. The highest BCUT2D eigenvalue weighted by atomic mass is 79.9. The number of rotatable bonds is 3. The molecule has 2 saturated heterocycles. The Bertz CT molecular complexity index is 511. The summed E-state index contributed by atoms with van der Waals surface area (Å²) in [6.45, 7) is 4.13. The first kappa shape index (κ1) is 15.3. The second-order valence-corrected chi connectivity index (χ2v) is 6.85. The number of benzene rings is 1. The molecule has 2 unspecified atom stereocenters. The lowest BCUT2D eigenvalue weighted by molar-refractivity contribution is -0.112. The number of halogens is 1. The minimum atomic E-state index is -0.161. The molecule has 21 heavy (non-hydrogen) atoms. The number of aryl methyl sites for hydroxylation is 1. The molecule has 5 heteroatoms. The maximum Gasteiger partial charge on any atom is 0.128 e. The van der Waals surface area contributed by atoms with Crippen LogP contribution in [0.25, 0.3) is 0 Å². The third kappa shape index (κ3) is 3.26. The molecule has 1 N–H and O–H groups in total. The van der Waals surface area contributed by atoms with Crippen LogP contribution in [0.3, 0.4) is 0 Å². The minimum absolute atomic E-state index is 0.0207. The summed E-state index contributed by atoms with van der Waals surface area (Å²) in [6.07, 6.45) is 2.79. The Morgan fingerprint density at radius 1 is 1.43 bits per heavy atom. The van der Waals surface area contributed by atoms with E-state index in [9.17, 15) is 5.11 Å². The first-order chi connectivity index (χ1) is 10.1. The van der Waals surface area contributed by atoms with Gasteiger partial charge in [-0.15, -0.1) is 0 Å². The van der Waals surface area contributed by atoms with E-state index in [-0.39, 0.29) is 18.3 Å². The van der Waals surface area contributed by atoms with Crippen LogP contribution in [-0.4, -0.2) is 36.6 Å². The normalized spacial score (nSPS) is 29.0. The van der Waals surface area contributed by atoms with Crippen molar-refractivity contribution in [3.8, 4) is 5.75 Å². The van der Waals surface area contributed by atoms with E-state index in [2.05, 4.69) is 15.9 Å². The Kier molecular flexibility index (Phi) is 4.54. The van der Waals surface area contributed by atoms with Crippen molar-refractivity contribution in [2.24, 2.45) is 0 Å². The van der Waals surface area contributed by atoms with E-state index < -0.39 is 0 Å². The fourth-order valence-electron chi connectivity index (χ4n) is 3.20. The van der Waals surface area contributed by atoms with Crippen molar-refractivity contribution in [3.05, 3.63) is 27.7 Å². The minimum Gasteiger partial charge on any atom is -0.490 e. The van der Waals surface area contributed by atoms with Gasteiger partial charge in [-0.3, -0.25) is 0 Å². The van der Waals surface area contributed by atoms with Crippen LogP contribution in [0.2, 0.25) is 0 Å². The van der Waals surface area contributed by atoms with Crippen molar-refractivity contribution in [1.29, 1.82) is 0 Å². The van der Waals surface area contributed by atoms with Gasteiger partial charge in [-0.05, 0) is 24.6 Å². The van der Waals surface area contributed by atoms with Crippen molar-refractivity contribution in [1.82, 2.24) is 0 Å². The van der Waals surface area contributed by atoms with Crippen molar-refractivity contribution in [2.75, 3.05) is 19.8 Å². The zero-order valence-corrected chi connectivity index (χ0v) is 13.8. The molecule has 4 nitrogen and oxygen atoms in total. The van der Waals surface area contributed by atoms with E-state index in [1.54, 1.807) is 0 Å². The van der Waals surface area contributed by atoms with Crippen molar-refractivity contribution in [2.45, 2.75) is 44.5 Å². The summed E-state index contributed by atoms with van der Waals surface area (Å²) in [4.78, 5) is 0. The van der Waals surface area contributed by atoms with Crippen LogP contribution in [0.4, 0.5) is 0 Å². The van der Waals surface area contributed by atoms with Crippen molar-refractivity contribution >= 4 is 15.9 Å². The van der Waals surface area contributed by atoms with Gasteiger partial charge in [-0.25, -0.2) is 0 Å². The first-order valence-corrected chi connectivity index (χ1v) is 8.19. The fourth-order valence-corrected chi connectivity index (χ4v) is 3.82. The quantitative estimate of drug-likeness (QED) is 0.904. The highest BCUT2D eigenvalue weighted by Gasteiger charge is 2.42. The summed E-state index contributed by atoms with van der Waals surface area (Å²) in [5.41, 5.74) is 1.70. The Labute approximate surface area is 133 Å². The third-order valence-corrected chi connectivity index (χ3v) is 4.74. The first-order valence-electron chi connectivity index (χ1n) is 7.40. The van der Waals surface area contributed by atoms with Crippen LogP contribution < -0.4 is 4.74 Å². The number of aliphatic hydroxyl groups is 1. The number of hydrogen-bond acceptors (Lipinski definition) is 4. The zero-order chi connectivity index (χ0) is 14.9. The fraction of sp³-hybridized carbons (Fsp3) is 0.625. The predicted molar refractivity (Wildman–Crippen MR) is 82.6 cm³/mol. The summed E-state index contributed by atoms with van der Waals surface area (Å²) >= 11 is 3.46. The molecule has 0 aliphatic carbocycles. The molecule has 0 aromatic heterocycles. The van der Waals surface area contributed by atoms with Crippen molar-refractivity contribution < 1.29 is 19.3 Å². The van der Waals surface area contributed by atoms with Crippen LogP contribution in [-0.2, 0) is 16.1 Å². The Hall–Kier alpha value is -0.620. The summed E-state index contributed by atoms with van der Waals surface area (Å²) in [5, 5.41) is 9.56. The van der Waals surface area contributed by atoms with Gasteiger partial charge in [0.2, 0.25) is 0 Å². The van der Waals surface area contributed by atoms with Gasteiger partial charge in [0.05, 0.1) is 25.4 Å². The molecule has 2 fully saturated rings. The third-order valence-electron chi connectivity index (χ3n) is 4.29. The van der Waals surface area contributed by atoms with Crippen LogP contribution in [0, 0.1) is 6.92 Å². The molecule has 3 rings (SSSR count). The summed E-state index contributed by atoms with van der Waals surface area (Å²) < 4.78 is 18.6. The largest absolute Gasteiger partial charge is 0.490 e. The van der Waals surface area contributed by atoms with Gasteiger partial charge in [-0.1, -0.05) is 15.9 Å². The molecule has 0 radical (unpaired) electrons. The van der Waals surface area contributed by atoms with Crippen LogP contribution in [0.15, 0.2) is 16.6 Å². The lowest BCUT2D eigenvalue weighted by Gasteiger charge is -2.37. The lowest BCUT2D eigenvalue weighted by Crippen LogP contribution is -2.44. The lowest BCUT2D eigenvalue weighted by atomic mass is 9.91. The van der Waals surface area contributed by atoms with E-state index >= 15 is 0 Å². The Morgan fingerprint density at radius 3 is 3.00 bits per heavy atom. The molecule has 1 spiro atoms. The molecular weight excluding hydrogens is 336 g/mol. The SMILES string of the molecule is Cc1cc(Br)cc(CO)c1OC1CCOC2(CCOC2)C1. The van der Waals surface area contributed by atoms with Crippen LogP contribution in [0.5, 0.6) is 5.75 Å². The van der Waals surface area contributed by atoms with Crippen molar-refractivity contribution in [3.63, 3.8) is 0 Å². The smallest absolute Gasteiger partial charge is 0.128 e. The standard InChI is InChI=1S/C16H21BrO4/c1-11-6-13(17)7-12(9-18)15(11)21-14-2-4-20-16(8-14)3-5-19-10-16/h6-7,14,18H,2-5,8-10H2,1H3. The molecular formula is C16H21BrO4. The van der Waals surface area contributed by atoms with E-state index in [4.69, 9.17) is 14.2 Å². The number of aliphatic hydroxyl groups excluding tert-OH is 1. The van der Waals surface area contributed by atoms with E-state index in [0.717, 1.165) is 47.2 Å². The number of ether oxygens (including phenoxy) is 3. The van der Waals surface area contributed by atoms with Gasteiger partial charge in [0.1, 0.15) is 11.9 Å². The summed E-state index contributed by atoms with van der Waals surface area (Å²) in [5.74, 6) is 0.807. The Morgan fingerprint density at radius 2 is 2.29 bits per heavy atom. The molecule has 1 aromatic carbocycles. The predicted octanol–water partition coefficient (Wildman–Crippen LogP) is 2.97. The molecule has 116 valence electrons. The van der Waals surface area contributed by atoms with Gasteiger partial charge in [-0.2, -0.15) is 0 Å². The molecule has 0 bridgehead atoms. The molecule has 2 atom stereocenters. The molecule has 0 saturated carbocycles. The molecule has 2 heterocycles. The maximum absolute atomic E-state index is 9.56. The van der Waals surface area contributed by atoms with Gasteiger partial charge >= 0.3 is 0 Å². The highest BCUT2D eigenvalue weighted by Crippen LogP contribution is 2.36. The average Bonchev–Trinajstić information content (AvgIpc) is 2.89. The second kappa shape index (κ2) is 6.24.